The van der Waals surface area contributed by atoms with Gasteiger partial charge in [-0.25, -0.2) is 4.79 Å². The van der Waals surface area contributed by atoms with Gasteiger partial charge in [0.2, 0.25) is 0 Å². The molecule has 0 aliphatic heterocycles. The van der Waals surface area contributed by atoms with E-state index in [9.17, 15) is 4.79 Å². The summed E-state index contributed by atoms with van der Waals surface area (Å²) in [7, 11) is 0. The zero-order chi connectivity index (χ0) is 17.4. The van der Waals surface area contributed by atoms with E-state index in [4.69, 9.17) is 16.3 Å². The Labute approximate surface area is 148 Å². The molecule has 0 bridgehead atoms. The Morgan fingerprint density at radius 1 is 1.12 bits per heavy atom. The fourth-order valence-corrected chi connectivity index (χ4v) is 2.47. The lowest BCUT2D eigenvalue weighted by Gasteiger charge is -2.16. The molecule has 0 aromatic heterocycles. The highest BCUT2D eigenvalue weighted by molar-refractivity contribution is 6.30. The summed E-state index contributed by atoms with van der Waals surface area (Å²) < 4.78 is 5.46. The largest absolute Gasteiger partial charge is 0.377 e. The van der Waals surface area contributed by atoms with Crippen LogP contribution in [0.2, 0.25) is 5.02 Å². The number of hydrogen-bond donors (Lipinski definition) is 2. The lowest BCUT2D eigenvalue weighted by molar-refractivity contribution is 0.133. The van der Waals surface area contributed by atoms with E-state index < -0.39 is 0 Å². The molecule has 4 nitrogen and oxygen atoms in total. The van der Waals surface area contributed by atoms with Crippen molar-refractivity contribution in [1.29, 1.82) is 0 Å². The van der Waals surface area contributed by atoms with Crippen molar-refractivity contribution in [3.63, 3.8) is 0 Å². The molecular weight excluding hydrogens is 324 g/mol. The monoisotopic (exact) mass is 346 g/mol. The molecule has 24 heavy (non-hydrogen) atoms. The van der Waals surface area contributed by atoms with Gasteiger partial charge in [-0.05, 0) is 42.7 Å². The van der Waals surface area contributed by atoms with Crippen molar-refractivity contribution in [2.45, 2.75) is 33.0 Å². The van der Waals surface area contributed by atoms with E-state index in [-0.39, 0.29) is 12.1 Å². The van der Waals surface area contributed by atoms with Gasteiger partial charge in [-0.1, -0.05) is 48.0 Å². The number of carbonyl (C=O) groups is 1. The van der Waals surface area contributed by atoms with Crippen LogP contribution in [0.4, 0.5) is 4.79 Å². The van der Waals surface area contributed by atoms with E-state index in [1.165, 1.54) is 0 Å². The van der Waals surface area contributed by atoms with Gasteiger partial charge in [0.15, 0.2) is 0 Å². The summed E-state index contributed by atoms with van der Waals surface area (Å²) in [6, 6.07) is 15.1. The SMILES string of the molecule is CCOCc1ccccc1CNC(=O)N[C@@H](C)c1ccc(Cl)cc1. The first-order valence-electron chi connectivity index (χ1n) is 8.04. The quantitative estimate of drug-likeness (QED) is 0.778. The van der Waals surface area contributed by atoms with Crippen molar-refractivity contribution in [2.75, 3.05) is 6.61 Å². The Hall–Kier alpha value is -2.04. The molecule has 1 atom stereocenters. The molecule has 0 fully saturated rings. The van der Waals surface area contributed by atoms with Crippen molar-refractivity contribution < 1.29 is 9.53 Å². The minimum atomic E-state index is -0.205. The fraction of sp³-hybridized carbons (Fsp3) is 0.316. The highest BCUT2D eigenvalue weighted by Crippen LogP contribution is 2.16. The minimum absolute atomic E-state index is 0.0964. The lowest BCUT2D eigenvalue weighted by Crippen LogP contribution is -2.36. The molecule has 0 radical (unpaired) electrons. The Morgan fingerprint density at radius 3 is 2.46 bits per heavy atom. The summed E-state index contributed by atoms with van der Waals surface area (Å²) in [5, 5.41) is 6.50. The van der Waals surface area contributed by atoms with Crippen LogP contribution in [0, 0.1) is 0 Å². The normalized spacial score (nSPS) is 11.8. The third kappa shape index (κ3) is 5.55. The summed E-state index contributed by atoms with van der Waals surface area (Å²) in [4.78, 5) is 12.1. The van der Waals surface area contributed by atoms with Crippen LogP contribution in [-0.4, -0.2) is 12.6 Å². The Balaban J connectivity index is 1.88. The molecule has 0 aliphatic carbocycles. The molecule has 0 aliphatic rings. The number of ether oxygens (including phenoxy) is 1. The topological polar surface area (TPSA) is 50.4 Å². The van der Waals surface area contributed by atoms with Crippen LogP contribution >= 0.6 is 11.6 Å². The molecule has 5 heteroatoms. The zero-order valence-electron chi connectivity index (χ0n) is 14.0. The van der Waals surface area contributed by atoms with Crippen molar-refractivity contribution in [1.82, 2.24) is 10.6 Å². The van der Waals surface area contributed by atoms with Crippen molar-refractivity contribution >= 4 is 17.6 Å². The summed E-state index contributed by atoms with van der Waals surface area (Å²) in [6.07, 6.45) is 0. The summed E-state index contributed by atoms with van der Waals surface area (Å²) in [5.74, 6) is 0. The first kappa shape index (κ1) is 18.3. The van der Waals surface area contributed by atoms with E-state index in [1.807, 2.05) is 62.4 Å². The summed E-state index contributed by atoms with van der Waals surface area (Å²) in [5.41, 5.74) is 3.15. The van der Waals surface area contributed by atoms with Crippen LogP contribution in [0.3, 0.4) is 0 Å². The Kier molecular flexibility index (Phi) is 7.09. The predicted octanol–water partition coefficient (Wildman–Crippen LogP) is 4.44. The van der Waals surface area contributed by atoms with Crippen molar-refractivity contribution in [3.8, 4) is 0 Å². The Morgan fingerprint density at radius 2 is 1.79 bits per heavy atom. The van der Waals surface area contributed by atoms with Gasteiger partial charge in [-0.2, -0.15) is 0 Å². The van der Waals surface area contributed by atoms with Crippen molar-refractivity contribution in [3.05, 3.63) is 70.2 Å². The smallest absolute Gasteiger partial charge is 0.315 e. The molecule has 0 unspecified atom stereocenters. The third-order valence-electron chi connectivity index (χ3n) is 3.74. The maximum Gasteiger partial charge on any atom is 0.315 e. The summed E-state index contributed by atoms with van der Waals surface area (Å²) in [6.45, 7) is 5.58. The minimum Gasteiger partial charge on any atom is -0.377 e. The highest BCUT2D eigenvalue weighted by Gasteiger charge is 2.10. The number of amides is 2. The predicted molar refractivity (Wildman–Crippen MR) is 97.0 cm³/mol. The molecule has 2 aromatic rings. The molecule has 0 saturated carbocycles. The van der Waals surface area contributed by atoms with E-state index in [0.29, 0.717) is 24.8 Å². The average molecular weight is 347 g/mol. The molecular formula is C19H23ClN2O2. The molecule has 2 amide bonds. The maximum absolute atomic E-state index is 12.1. The molecule has 2 aromatic carbocycles. The molecule has 128 valence electrons. The number of nitrogens with one attached hydrogen (secondary N) is 2. The number of hydrogen-bond acceptors (Lipinski definition) is 2. The van der Waals surface area contributed by atoms with Crippen LogP contribution in [0.1, 0.15) is 36.6 Å². The molecule has 0 heterocycles. The van der Waals surface area contributed by atoms with Gasteiger partial charge in [0.05, 0.1) is 12.6 Å². The molecule has 2 rings (SSSR count). The van der Waals surface area contributed by atoms with Gasteiger partial charge in [0.25, 0.3) is 0 Å². The van der Waals surface area contributed by atoms with Crippen LogP contribution in [-0.2, 0) is 17.9 Å². The zero-order valence-corrected chi connectivity index (χ0v) is 14.8. The standard InChI is InChI=1S/C19H23ClN2O2/c1-3-24-13-17-7-5-4-6-16(17)12-21-19(23)22-14(2)15-8-10-18(20)11-9-15/h4-11,14H,3,12-13H2,1-2H3,(H2,21,22,23)/t14-/m0/s1. The van der Waals surface area contributed by atoms with Gasteiger partial charge < -0.3 is 15.4 Å². The van der Waals surface area contributed by atoms with E-state index in [2.05, 4.69) is 10.6 Å². The number of urea groups is 1. The van der Waals surface area contributed by atoms with Crippen LogP contribution in [0.15, 0.2) is 48.5 Å². The van der Waals surface area contributed by atoms with E-state index in [1.54, 1.807) is 0 Å². The highest BCUT2D eigenvalue weighted by atomic mass is 35.5. The lowest BCUT2D eigenvalue weighted by atomic mass is 10.1. The summed E-state index contributed by atoms with van der Waals surface area (Å²) >= 11 is 5.88. The molecule has 0 saturated heterocycles. The van der Waals surface area contributed by atoms with Gasteiger partial charge in [0.1, 0.15) is 0 Å². The van der Waals surface area contributed by atoms with E-state index >= 15 is 0 Å². The second-order valence-electron chi connectivity index (χ2n) is 5.51. The number of benzene rings is 2. The van der Waals surface area contributed by atoms with E-state index in [0.717, 1.165) is 16.7 Å². The van der Waals surface area contributed by atoms with Gasteiger partial charge >= 0.3 is 6.03 Å². The van der Waals surface area contributed by atoms with Gasteiger partial charge in [-0.3, -0.25) is 0 Å². The first-order chi connectivity index (χ1) is 11.6. The number of rotatable bonds is 7. The average Bonchev–Trinajstić information content (AvgIpc) is 2.59. The number of halogens is 1. The fourth-order valence-electron chi connectivity index (χ4n) is 2.34. The molecule has 0 spiro atoms. The Bertz CT molecular complexity index is 659. The van der Waals surface area contributed by atoms with Crippen LogP contribution in [0.5, 0.6) is 0 Å². The number of carbonyl (C=O) groups excluding carboxylic acids is 1. The maximum atomic E-state index is 12.1. The van der Waals surface area contributed by atoms with Gasteiger partial charge in [0, 0.05) is 18.2 Å². The third-order valence-corrected chi connectivity index (χ3v) is 3.99. The van der Waals surface area contributed by atoms with Gasteiger partial charge in [-0.15, -0.1) is 0 Å². The van der Waals surface area contributed by atoms with Crippen LogP contribution in [0.25, 0.3) is 0 Å². The van der Waals surface area contributed by atoms with Crippen molar-refractivity contribution in [2.24, 2.45) is 0 Å². The first-order valence-corrected chi connectivity index (χ1v) is 8.42. The van der Waals surface area contributed by atoms with Crippen LogP contribution < -0.4 is 10.6 Å². The molecule has 2 N–H and O–H groups in total. The second kappa shape index (κ2) is 9.30. The second-order valence-corrected chi connectivity index (χ2v) is 5.94.